The second kappa shape index (κ2) is 8.03. The summed E-state index contributed by atoms with van der Waals surface area (Å²) in [6.07, 6.45) is 3.25. The molecule has 4 rings (SSSR count). The highest BCUT2D eigenvalue weighted by molar-refractivity contribution is 7.89. The zero-order chi connectivity index (χ0) is 19.6. The summed E-state index contributed by atoms with van der Waals surface area (Å²) in [6.45, 7) is 1.45. The predicted octanol–water partition coefficient (Wildman–Crippen LogP) is 2.46. The Hall–Kier alpha value is -2.22. The van der Waals surface area contributed by atoms with Gasteiger partial charge in [0.15, 0.2) is 12.4 Å². The lowest BCUT2D eigenvalue weighted by atomic mass is 10.0. The predicted molar refractivity (Wildman–Crippen MR) is 104 cm³/mol. The second-order valence-electron chi connectivity index (χ2n) is 7.04. The molecule has 0 saturated carbocycles. The number of carbonyl (C=O) groups is 1. The van der Waals surface area contributed by atoms with Crippen LogP contribution in [0.4, 0.5) is 0 Å². The topological polar surface area (TPSA) is 72.9 Å². The van der Waals surface area contributed by atoms with E-state index in [-0.39, 0.29) is 17.3 Å². The zero-order valence-corrected chi connectivity index (χ0v) is 16.4. The molecule has 148 valence electrons. The van der Waals surface area contributed by atoms with Crippen molar-refractivity contribution in [3.05, 3.63) is 59.2 Å². The van der Waals surface area contributed by atoms with Crippen molar-refractivity contribution in [1.82, 2.24) is 4.31 Å². The number of Topliss-reactive ketones (excluding diaryl/α,β-unsaturated/α-hetero) is 1. The van der Waals surface area contributed by atoms with Crippen molar-refractivity contribution in [3.8, 4) is 5.75 Å². The molecule has 7 heteroatoms. The fourth-order valence-electron chi connectivity index (χ4n) is 3.62. The van der Waals surface area contributed by atoms with Crippen LogP contribution in [0.15, 0.2) is 47.4 Å². The minimum atomic E-state index is -3.53. The number of benzene rings is 2. The fourth-order valence-corrected chi connectivity index (χ4v) is 5.03. The van der Waals surface area contributed by atoms with Gasteiger partial charge in [-0.2, -0.15) is 4.31 Å². The van der Waals surface area contributed by atoms with Gasteiger partial charge >= 0.3 is 0 Å². The number of fused-ring (bicyclic) bond motifs is 1. The summed E-state index contributed by atoms with van der Waals surface area (Å²) in [4.78, 5) is 12.6. The van der Waals surface area contributed by atoms with Crippen molar-refractivity contribution >= 4 is 15.8 Å². The molecule has 0 aromatic heterocycles. The van der Waals surface area contributed by atoms with Gasteiger partial charge in [0.2, 0.25) is 10.0 Å². The van der Waals surface area contributed by atoms with E-state index in [1.165, 1.54) is 27.6 Å². The Morgan fingerprint density at radius 2 is 1.71 bits per heavy atom. The van der Waals surface area contributed by atoms with Crippen molar-refractivity contribution in [1.29, 1.82) is 0 Å². The standard InChI is InChI=1S/C21H23NO5S/c23-21(18-5-4-16-2-1-3-17(16)14-18)15-27-19-6-8-20(9-7-19)28(24,25)22-10-12-26-13-11-22/h4-9,14H,1-3,10-13,15H2. The van der Waals surface area contributed by atoms with Gasteiger partial charge in [-0.05, 0) is 60.7 Å². The van der Waals surface area contributed by atoms with Crippen LogP contribution >= 0.6 is 0 Å². The van der Waals surface area contributed by atoms with Crippen LogP contribution in [0.3, 0.4) is 0 Å². The van der Waals surface area contributed by atoms with Crippen LogP contribution in [0.5, 0.6) is 5.75 Å². The number of rotatable bonds is 6. The van der Waals surface area contributed by atoms with Crippen LogP contribution in [0.25, 0.3) is 0 Å². The van der Waals surface area contributed by atoms with Gasteiger partial charge in [-0.3, -0.25) is 4.79 Å². The molecule has 1 aliphatic carbocycles. The van der Waals surface area contributed by atoms with Gasteiger partial charge in [0.25, 0.3) is 0 Å². The SMILES string of the molecule is O=C(COc1ccc(S(=O)(=O)N2CCOCC2)cc1)c1ccc2c(c1)CCC2. The van der Waals surface area contributed by atoms with E-state index in [9.17, 15) is 13.2 Å². The molecule has 0 atom stereocenters. The highest BCUT2D eigenvalue weighted by Crippen LogP contribution is 2.24. The number of carbonyl (C=O) groups excluding carboxylic acids is 1. The molecule has 2 aliphatic rings. The molecule has 0 N–H and O–H groups in total. The number of sulfonamides is 1. The summed E-state index contributed by atoms with van der Waals surface area (Å²) in [7, 11) is -3.53. The van der Waals surface area contributed by atoms with Crippen LogP contribution in [0.2, 0.25) is 0 Å². The van der Waals surface area contributed by atoms with Crippen LogP contribution in [0, 0.1) is 0 Å². The summed E-state index contributed by atoms with van der Waals surface area (Å²) < 4.78 is 37.4. The maximum Gasteiger partial charge on any atom is 0.243 e. The molecule has 1 heterocycles. The number of aryl methyl sites for hydroxylation is 2. The highest BCUT2D eigenvalue weighted by Gasteiger charge is 2.26. The van der Waals surface area contributed by atoms with Gasteiger partial charge in [0.1, 0.15) is 5.75 Å². The maximum absolute atomic E-state index is 12.6. The van der Waals surface area contributed by atoms with Crippen molar-refractivity contribution in [2.45, 2.75) is 24.2 Å². The van der Waals surface area contributed by atoms with E-state index >= 15 is 0 Å². The zero-order valence-electron chi connectivity index (χ0n) is 15.6. The van der Waals surface area contributed by atoms with E-state index in [2.05, 4.69) is 0 Å². The lowest BCUT2D eigenvalue weighted by Crippen LogP contribution is -2.40. The third-order valence-electron chi connectivity index (χ3n) is 5.22. The summed E-state index contributed by atoms with van der Waals surface area (Å²) >= 11 is 0. The van der Waals surface area contributed by atoms with Gasteiger partial charge in [0, 0.05) is 18.7 Å². The molecule has 0 bridgehead atoms. The second-order valence-corrected chi connectivity index (χ2v) is 8.97. The molecule has 2 aromatic carbocycles. The van der Waals surface area contributed by atoms with E-state index in [1.54, 1.807) is 12.1 Å². The molecule has 1 saturated heterocycles. The van der Waals surface area contributed by atoms with Crippen LogP contribution in [-0.2, 0) is 27.6 Å². The van der Waals surface area contributed by atoms with Crippen LogP contribution in [0.1, 0.15) is 27.9 Å². The third-order valence-corrected chi connectivity index (χ3v) is 7.13. The molecular weight excluding hydrogens is 378 g/mol. The average molecular weight is 401 g/mol. The molecule has 0 amide bonds. The van der Waals surface area contributed by atoms with Crippen molar-refractivity contribution in [3.63, 3.8) is 0 Å². The first kappa shape index (κ1) is 19.1. The van der Waals surface area contributed by atoms with Crippen molar-refractivity contribution in [2.24, 2.45) is 0 Å². The average Bonchev–Trinajstić information content (AvgIpc) is 3.21. The maximum atomic E-state index is 12.6. The Morgan fingerprint density at radius 1 is 1.00 bits per heavy atom. The van der Waals surface area contributed by atoms with E-state index in [0.717, 1.165) is 19.3 Å². The first-order chi connectivity index (χ1) is 13.5. The third kappa shape index (κ3) is 3.97. The Balaban J connectivity index is 1.38. The van der Waals surface area contributed by atoms with Crippen LogP contribution < -0.4 is 4.74 Å². The molecule has 1 aliphatic heterocycles. The van der Waals surface area contributed by atoms with E-state index in [0.29, 0.717) is 37.6 Å². The Kier molecular flexibility index (Phi) is 5.48. The highest BCUT2D eigenvalue weighted by atomic mass is 32.2. The van der Waals surface area contributed by atoms with Crippen LogP contribution in [-0.4, -0.2) is 51.4 Å². The molecule has 1 fully saturated rings. The molecular formula is C21H23NO5S. The fraction of sp³-hybridized carbons (Fsp3) is 0.381. The lowest BCUT2D eigenvalue weighted by molar-refractivity contribution is 0.0730. The van der Waals surface area contributed by atoms with Gasteiger partial charge < -0.3 is 9.47 Å². The van der Waals surface area contributed by atoms with E-state index in [4.69, 9.17) is 9.47 Å². The van der Waals surface area contributed by atoms with Gasteiger partial charge in [-0.25, -0.2) is 8.42 Å². The molecule has 2 aromatic rings. The normalized spacial score (nSPS) is 17.3. The number of morpholine rings is 1. The first-order valence-corrected chi connectivity index (χ1v) is 10.9. The molecule has 28 heavy (non-hydrogen) atoms. The monoisotopic (exact) mass is 401 g/mol. The summed E-state index contributed by atoms with van der Waals surface area (Å²) in [5.41, 5.74) is 3.24. The summed E-state index contributed by atoms with van der Waals surface area (Å²) in [5, 5.41) is 0. The smallest absolute Gasteiger partial charge is 0.243 e. The minimum absolute atomic E-state index is 0.0751. The largest absolute Gasteiger partial charge is 0.485 e. The van der Waals surface area contributed by atoms with Gasteiger partial charge in [-0.15, -0.1) is 0 Å². The summed E-state index contributed by atoms with van der Waals surface area (Å²) in [6, 6.07) is 12.0. The van der Waals surface area contributed by atoms with Gasteiger partial charge in [0.05, 0.1) is 18.1 Å². The molecule has 6 nitrogen and oxygen atoms in total. The number of ether oxygens (including phenoxy) is 2. The van der Waals surface area contributed by atoms with E-state index in [1.807, 2.05) is 18.2 Å². The van der Waals surface area contributed by atoms with Crippen molar-refractivity contribution in [2.75, 3.05) is 32.9 Å². The number of hydrogen-bond acceptors (Lipinski definition) is 5. The summed E-state index contributed by atoms with van der Waals surface area (Å²) in [5.74, 6) is 0.384. The Labute approximate surface area is 165 Å². The quantitative estimate of drug-likeness (QED) is 0.696. The Morgan fingerprint density at radius 3 is 2.46 bits per heavy atom. The number of hydrogen-bond donors (Lipinski definition) is 0. The number of ketones is 1. The molecule has 0 spiro atoms. The van der Waals surface area contributed by atoms with Crippen molar-refractivity contribution < 1.29 is 22.7 Å². The molecule has 0 radical (unpaired) electrons. The first-order valence-electron chi connectivity index (χ1n) is 9.50. The number of nitrogens with zero attached hydrogens (tertiary/aromatic N) is 1. The Bertz CT molecular complexity index is 963. The van der Waals surface area contributed by atoms with E-state index < -0.39 is 10.0 Å². The lowest BCUT2D eigenvalue weighted by Gasteiger charge is -2.26. The molecule has 0 unspecified atom stereocenters. The van der Waals surface area contributed by atoms with Gasteiger partial charge in [-0.1, -0.05) is 12.1 Å². The minimum Gasteiger partial charge on any atom is -0.485 e.